The maximum atomic E-state index is 12.8. The molecule has 158 valence electrons. The lowest BCUT2D eigenvalue weighted by atomic mass is 9.99. The van der Waals surface area contributed by atoms with E-state index >= 15 is 0 Å². The van der Waals surface area contributed by atoms with Gasteiger partial charge in [-0.2, -0.15) is 0 Å². The van der Waals surface area contributed by atoms with E-state index in [0.717, 1.165) is 18.4 Å². The van der Waals surface area contributed by atoms with Crippen LogP contribution in [-0.4, -0.2) is 47.5 Å². The molecule has 10 heteroatoms. The Kier molecular flexibility index (Phi) is 5.70. The van der Waals surface area contributed by atoms with E-state index in [0.29, 0.717) is 41.1 Å². The van der Waals surface area contributed by atoms with Gasteiger partial charge < -0.3 is 4.42 Å². The van der Waals surface area contributed by atoms with Gasteiger partial charge in [0.15, 0.2) is 22.5 Å². The van der Waals surface area contributed by atoms with E-state index < -0.39 is 10.0 Å². The quantitative estimate of drug-likeness (QED) is 0.406. The van der Waals surface area contributed by atoms with E-state index in [-0.39, 0.29) is 11.5 Å². The standard InChI is InChI=1S/C20H22N4O4S2/c1-3-23-19(18-7-5-11-28-18)21-22-20(23)29-13-17(25)15-8-9-16-14(12-15)6-4-10-24(16)30(2,26)27/h5,7-9,11-12H,3-4,6,10,13H2,1-2H3. The molecule has 1 aliphatic rings. The number of hydrogen-bond donors (Lipinski definition) is 0. The van der Waals surface area contributed by atoms with Crippen LogP contribution in [0, 0.1) is 0 Å². The predicted molar refractivity (Wildman–Crippen MR) is 115 cm³/mol. The summed E-state index contributed by atoms with van der Waals surface area (Å²) in [6, 6.07) is 8.86. The van der Waals surface area contributed by atoms with Gasteiger partial charge in [0.25, 0.3) is 0 Å². The number of aryl methyl sites for hydroxylation is 1. The van der Waals surface area contributed by atoms with E-state index in [4.69, 9.17) is 4.42 Å². The number of carbonyl (C=O) groups is 1. The summed E-state index contributed by atoms with van der Waals surface area (Å²) in [5, 5.41) is 9.05. The van der Waals surface area contributed by atoms with E-state index in [1.807, 2.05) is 23.6 Å². The van der Waals surface area contributed by atoms with Crippen molar-refractivity contribution in [2.45, 2.75) is 31.5 Å². The molecule has 1 aliphatic heterocycles. The molecule has 0 unspecified atom stereocenters. The van der Waals surface area contributed by atoms with Crippen molar-refractivity contribution in [1.29, 1.82) is 0 Å². The van der Waals surface area contributed by atoms with Crippen LogP contribution >= 0.6 is 11.8 Å². The predicted octanol–water partition coefficient (Wildman–Crippen LogP) is 3.25. The van der Waals surface area contributed by atoms with Crippen molar-refractivity contribution in [3.63, 3.8) is 0 Å². The van der Waals surface area contributed by atoms with Gasteiger partial charge >= 0.3 is 0 Å². The number of benzene rings is 1. The second kappa shape index (κ2) is 8.27. The maximum Gasteiger partial charge on any atom is 0.232 e. The van der Waals surface area contributed by atoms with Crippen LogP contribution in [0.15, 0.2) is 46.2 Å². The van der Waals surface area contributed by atoms with Gasteiger partial charge in [0, 0.05) is 18.7 Å². The molecular formula is C20H22N4O4S2. The van der Waals surface area contributed by atoms with Gasteiger partial charge in [-0.3, -0.25) is 13.7 Å². The van der Waals surface area contributed by atoms with Crippen LogP contribution in [0.1, 0.15) is 29.3 Å². The van der Waals surface area contributed by atoms with Crippen molar-refractivity contribution < 1.29 is 17.6 Å². The molecule has 0 bridgehead atoms. The number of carbonyl (C=O) groups excluding carboxylic acids is 1. The second-order valence-electron chi connectivity index (χ2n) is 7.02. The number of aromatic nitrogens is 3. The van der Waals surface area contributed by atoms with E-state index in [1.165, 1.54) is 22.3 Å². The van der Waals surface area contributed by atoms with Crippen LogP contribution in [0.5, 0.6) is 0 Å². The number of ketones is 1. The summed E-state index contributed by atoms with van der Waals surface area (Å²) in [7, 11) is -3.32. The highest BCUT2D eigenvalue weighted by molar-refractivity contribution is 7.99. The number of nitrogens with zero attached hydrogens (tertiary/aromatic N) is 4. The highest BCUT2D eigenvalue weighted by Crippen LogP contribution is 2.31. The summed E-state index contributed by atoms with van der Waals surface area (Å²) in [4.78, 5) is 12.8. The van der Waals surface area contributed by atoms with E-state index in [9.17, 15) is 13.2 Å². The Morgan fingerprint density at radius 3 is 2.80 bits per heavy atom. The minimum atomic E-state index is -3.32. The molecule has 0 aliphatic carbocycles. The molecule has 0 atom stereocenters. The minimum absolute atomic E-state index is 0.0375. The summed E-state index contributed by atoms with van der Waals surface area (Å²) in [6.07, 6.45) is 4.29. The number of sulfonamides is 1. The number of rotatable bonds is 7. The topological polar surface area (TPSA) is 98.3 Å². The lowest BCUT2D eigenvalue weighted by molar-refractivity contribution is 0.102. The first-order valence-corrected chi connectivity index (χ1v) is 12.5. The zero-order chi connectivity index (χ0) is 21.3. The summed E-state index contributed by atoms with van der Waals surface area (Å²) >= 11 is 1.33. The van der Waals surface area contributed by atoms with Gasteiger partial charge in [-0.05, 0) is 55.7 Å². The molecular weight excluding hydrogens is 424 g/mol. The Labute approximate surface area is 179 Å². The Morgan fingerprint density at radius 2 is 2.10 bits per heavy atom. The summed E-state index contributed by atoms with van der Waals surface area (Å²) in [6.45, 7) is 3.11. The van der Waals surface area contributed by atoms with Gasteiger partial charge in [-0.25, -0.2) is 8.42 Å². The number of thioether (sulfide) groups is 1. The largest absolute Gasteiger partial charge is 0.461 e. The van der Waals surface area contributed by atoms with Crippen LogP contribution in [-0.2, 0) is 23.0 Å². The van der Waals surface area contributed by atoms with Crippen LogP contribution in [0.25, 0.3) is 11.6 Å². The minimum Gasteiger partial charge on any atom is -0.461 e. The van der Waals surface area contributed by atoms with Crippen molar-refractivity contribution in [1.82, 2.24) is 14.8 Å². The molecule has 30 heavy (non-hydrogen) atoms. The number of furan rings is 1. The Hall–Kier alpha value is -2.59. The third kappa shape index (κ3) is 4.01. The zero-order valence-corrected chi connectivity index (χ0v) is 18.4. The molecule has 1 aromatic carbocycles. The van der Waals surface area contributed by atoms with E-state index in [1.54, 1.807) is 24.5 Å². The smallest absolute Gasteiger partial charge is 0.232 e. The van der Waals surface area contributed by atoms with Crippen molar-refractivity contribution >= 4 is 33.3 Å². The molecule has 0 fully saturated rings. The monoisotopic (exact) mass is 446 g/mol. The Balaban J connectivity index is 1.50. The van der Waals surface area contributed by atoms with Gasteiger partial charge in [0.1, 0.15) is 0 Å². The third-order valence-corrected chi connectivity index (χ3v) is 7.13. The molecule has 2 aromatic heterocycles. The van der Waals surface area contributed by atoms with Gasteiger partial charge in [0.05, 0.1) is 24.0 Å². The second-order valence-corrected chi connectivity index (χ2v) is 9.87. The van der Waals surface area contributed by atoms with Crippen LogP contribution in [0.3, 0.4) is 0 Å². The first kappa shape index (κ1) is 20.7. The fraction of sp³-hybridized carbons (Fsp3) is 0.350. The van der Waals surface area contributed by atoms with Gasteiger partial charge in [-0.1, -0.05) is 11.8 Å². The average molecular weight is 447 g/mol. The molecule has 0 saturated heterocycles. The number of fused-ring (bicyclic) bond motifs is 1. The van der Waals surface area contributed by atoms with Crippen LogP contribution < -0.4 is 4.31 Å². The Morgan fingerprint density at radius 1 is 1.27 bits per heavy atom. The van der Waals surface area contributed by atoms with Crippen molar-refractivity contribution in [2.75, 3.05) is 22.9 Å². The number of hydrogen-bond acceptors (Lipinski definition) is 7. The maximum absolute atomic E-state index is 12.8. The number of anilines is 1. The highest BCUT2D eigenvalue weighted by atomic mass is 32.2. The first-order valence-electron chi connectivity index (χ1n) is 9.62. The first-order chi connectivity index (χ1) is 14.4. The molecule has 0 amide bonds. The molecule has 3 aromatic rings. The molecule has 4 rings (SSSR count). The van der Waals surface area contributed by atoms with Crippen molar-refractivity contribution in [3.8, 4) is 11.6 Å². The fourth-order valence-electron chi connectivity index (χ4n) is 3.56. The number of Topliss-reactive ketones (excluding diaryl/α,β-unsaturated/α-hetero) is 1. The molecule has 0 saturated carbocycles. The summed E-state index contributed by atoms with van der Waals surface area (Å²) in [5.41, 5.74) is 2.13. The van der Waals surface area contributed by atoms with Gasteiger partial charge in [0.2, 0.25) is 10.0 Å². The van der Waals surface area contributed by atoms with Gasteiger partial charge in [-0.15, -0.1) is 10.2 Å². The zero-order valence-electron chi connectivity index (χ0n) is 16.7. The van der Waals surface area contributed by atoms with Crippen molar-refractivity contribution in [2.24, 2.45) is 0 Å². The Bertz CT molecular complexity index is 1170. The molecule has 0 N–H and O–H groups in total. The average Bonchev–Trinajstić information content (AvgIpc) is 3.39. The van der Waals surface area contributed by atoms with E-state index in [2.05, 4.69) is 10.2 Å². The summed E-state index contributed by atoms with van der Waals surface area (Å²) in [5.74, 6) is 1.44. The SMILES string of the molecule is CCn1c(SCC(=O)c2ccc3c(c2)CCCN3S(C)(=O)=O)nnc1-c1ccco1. The summed E-state index contributed by atoms with van der Waals surface area (Å²) < 4.78 is 32.7. The van der Waals surface area contributed by atoms with Crippen molar-refractivity contribution in [3.05, 3.63) is 47.7 Å². The normalized spacial score (nSPS) is 14.0. The molecule has 0 spiro atoms. The molecule has 3 heterocycles. The molecule has 8 nitrogen and oxygen atoms in total. The fourth-order valence-corrected chi connectivity index (χ4v) is 5.46. The molecule has 0 radical (unpaired) electrons. The highest BCUT2D eigenvalue weighted by Gasteiger charge is 2.25. The lowest BCUT2D eigenvalue weighted by Crippen LogP contribution is -2.34. The van der Waals surface area contributed by atoms with Crippen LogP contribution in [0.2, 0.25) is 0 Å². The van der Waals surface area contributed by atoms with Crippen LogP contribution in [0.4, 0.5) is 5.69 Å². The lowest BCUT2D eigenvalue weighted by Gasteiger charge is -2.29. The third-order valence-electron chi connectivity index (χ3n) is 4.98.